The van der Waals surface area contributed by atoms with E-state index >= 15 is 0 Å². The van der Waals surface area contributed by atoms with Gasteiger partial charge in [-0.2, -0.15) is 0 Å². The van der Waals surface area contributed by atoms with Gasteiger partial charge in [-0.25, -0.2) is 8.42 Å². The van der Waals surface area contributed by atoms with Crippen LogP contribution in [-0.2, 0) is 14.8 Å². The van der Waals surface area contributed by atoms with Gasteiger partial charge in [0.1, 0.15) is 19.3 Å². The zero-order valence-corrected chi connectivity index (χ0v) is 19.5. The number of rotatable bonds is 7. The first-order valence-corrected chi connectivity index (χ1v) is 12.2. The number of hydrogen-bond donors (Lipinski definition) is 1. The molecule has 0 bridgehead atoms. The SMILES string of the molecule is CC[C@H](C(=O)N[C@@H](C)c1ccc2c(c1)OCCO2)N(c1cc(C)cc(C)c1)S(C)(=O)=O. The van der Waals surface area contributed by atoms with Crippen LogP contribution >= 0.6 is 0 Å². The Hall–Kier alpha value is -2.74. The van der Waals surface area contributed by atoms with Gasteiger partial charge in [0.2, 0.25) is 15.9 Å². The molecular weight excluding hydrogens is 416 g/mol. The summed E-state index contributed by atoms with van der Waals surface area (Å²) < 4.78 is 37.8. The number of anilines is 1. The van der Waals surface area contributed by atoms with Gasteiger partial charge in [-0.15, -0.1) is 0 Å². The molecule has 0 radical (unpaired) electrons. The predicted octanol–water partition coefficient (Wildman–Crippen LogP) is 3.50. The Morgan fingerprint density at radius 1 is 1.06 bits per heavy atom. The Labute approximate surface area is 184 Å². The fourth-order valence-electron chi connectivity index (χ4n) is 3.86. The van der Waals surface area contributed by atoms with Crippen LogP contribution in [0.2, 0.25) is 0 Å². The summed E-state index contributed by atoms with van der Waals surface area (Å²) in [4.78, 5) is 13.2. The van der Waals surface area contributed by atoms with E-state index in [2.05, 4.69) is 5.32 Å². The first-order chi connectivity index (χ1) is 14.6. The van der Waals surface area contributed by atoms with Crippen molar-refractivity contribution in [1.82, 2.24) is 5.32 Å². The minimum Gasteiger partial charge on any atom is -0.486 e. The molecule has 0 aliphatic carbocycles. The monoisotopic (exact) mass is 446 g/mol. The number of ether oxygens (including phenoxy) is 2. The molecule has 3 rings (SSSR count). The lowest BCUT2D eigenvalue weighted by Gasteiger charge is -2.31. The first kappa shape index (κ1) is 22.9. The molecule has 0 fully saturated rings. The van der Waals surface area contributed by atoms with Crippen molar-refractivity contribution in [2.75, 3.05) is 23.8 Å². The molecule has 0 saturated carbocycles. The minimum atomic E-state index is -3.68. The zero-order valence-electron chi connectivity index (χ0n) is 18.6. The molecule has 2 aromatic rings. The highest BCUT2D eigenvalue weighted by Crippen LogP contribution is 2.33. The summed E-state index contributed by atoms with van der Waals surface area (Å²) >= 11 is 0. The van der Waals surface area contributed by atoms with Crippen molar-refractivity contribution in [1.29, 1.82) is 0 Å². The van der Waals surface area contributed by atoms with Gasteiger partial charge in [-0.05, 0) is 68.1 Å². The Morgan fingerprint density at radius 2 is 1.68 bits per heavy atom. The van der Waals surface area contributed by atoms with E-state index in [0.29, 0.717) is 36.8 Å². The van der Waals surface area contributed by atoms with Crippen LogP contribution in [0.15, 0.2) is 36.4 Å². The van der Waals surface area contributed by atoms with Crippen molar-refractivity contribution < 1.29 is 22.7 Å². The summed E-state index contributed by atoms with van der Waals surface area (Å²) in [6, 6.07) is 9.88. The maximum atomic E-state index is 13.2. The van der Waals surface area contributed by atoms with E-state index < -0.39 is 16.1 Å². The summed E-state index contributed by atoms with van der Waals surface area (Å²) in [5.74, 6) is 0.970. The molecular formula is C23H30N2O5S. The highest BCUT2D eigenvalue weighted by Gasteiger charge is 2.32. The van der Waals surface area contributed by atoms with Gasteiger partial charge in [0, 0.05) is 0 Å². The van der Waals surface area contributed by atoms with E-state index in [1.165, 1.54) is 4.31 Å². The van der Waals surface area contributed by atoms with Gasteiger partial charge in [0.15, 0.2) is 11.5 Å². The number of carbonyl (C=O) groups excluding carboxylic acids is 1. The Morgan fingerprint density at radius 3 is 2.26 bits per heavy atom. The number of carbonyl (C=O) groups is 1. The van der Waals surface area contributed by atoms with E-state index in [1.807, 2.05) is 45.0 Å². The van der Waals surface area contributed by atoms with Crippen LogP contribution < -0.4 is 19.1 Å². The summed E-state index contributed by atoms with van der Waals surface area (Å²) in [5.41, 5.74) is 3.21. The third-order valence-corrected chi connectivity index (χ3v) is 6.40. The molecule has 2 atom stereocenters. The number of aryl methyl sites for hydroxylation is 2. The van der Waals surface area contributed by atoms with Gasteiger partial charge in [0.25, 0.3) is 0 Å². The smallest absolute Gasteiger partial charge is 0.244 e. The second-order valence-corrected chi connectivity index (χ2v) is 9.82. The zero-order chi connectivity index (χ0) is 22.8. The Bertz CT molecular complexity index is 1050. The Balaban J connectivity index is 1.86. The molecule has 168 valence electrons. The standard InChI is InChI=1S/C23H30N2O5S/c1-6-20(25(31(5,27)28)19-12-15(2)11-16(3)13-19)23(26)24-17(4)18-7-8-21-22(14-18)30-10-9-29-21/h7-8,11-14,17,20H,6,9-10H2,1-5H3,(H,24,26)/t17-,20+/m0/s1. The summed E-state index contributed by atoms with van der Waals surface area (Å²) in [6.07, 6.45) is 1.46. The molecule has 8 heteroatoms. The number of sulfonamides is 1. The quantitative estimate of drug-likeness (QED) is 0.704. The highest BCUT2D eigenvalue weighted by molar-refractivity contribution is 7.92. The number of amides is 1. The van der Waals surface area contributed by atoms with Crippen molar-refractivity contribution in [3.8, 4) is 11.5 Å². The predicted molar refractivity (Wildman–Crippen MR) is 121 cm³/mol. The van der Waals surface area contributed by atoms with E-state index in [9.17, 15) is 13.2 Å². The fraction of sp³-hybridized carbons (Fsp3) is 0.435. The molecule has 0 aromatic heterocycles. The average molecular weight is 447 g/mol. The van der Waals surface area contributed by atoms with Crippen LogP contribution in [0, 0.1) is 13.8 Å². The van der Waals surface area contributed by atoms with Crippen LogP contribution in [0.5, 0.6) is 11.5 Å². The van der Waals surface area contributed by atoms with Crippen molar-refractivity contribution in [3.05, 3.63) is 53.1 Å². The number of fused-ring (bicyclic) bond motifs is 1. The van der Waals surface area contributed by atoms with E-state index in [1.54, 1.807) is 19.1 Å². The van der Waals surface area contributed by atoms with Gasteiger partial charge in [-0.3, -0.25) is 9.10 Å². The van der Waals surface area contributed by atoms with Crippen LogP contribution in [0.25, 0.3) is 0 Å². The second-order valence-electron chi connectivity index (χ2n) is 7.96. The molecule has 7 nitrogen and oxygen atoms in total. The topological polar surface area (TPSA) is 84.9 Å². The maximum Gasteiger partial charge on any atom is 0.244 e. The van der Waals surface area contributed by atoms with Gasteiger partial charge < -0.3 is 14.8 Å². The van der Waals surface area contributed by atoms with Crippen molar-refractivity contribution in [3.63, 3.8) is 0 Å². The number of benzene rings is 2. The number of hydrogen-bond acceptors (Lipinski definition) is 5. The lowest BCUT2D eigenvalue weighted by molar-refractivity contribution is -0.122. The van der Waals surface area contributed by atoms with Crippen molar-refractivity contribution in [2.24, 2.45) is 0 Å². The summed E-state index contributed by atoms with van der Waals surface area (Å²) in [7, 11) is -3.68. The minimum absolute atomic E-state index is 0.333. The molecule has 1 aliphatic rings. The molecule has 0 spiro atoms. The molecule has 0 unspecified atom stereocenters. The molecule has 31 heavy (non-hydrogen) atoms. The van der Waals surface area contributed by atoms with Crippen molar-refractivity contribution in [2.45, 2.75) is 46.2 Å². The number of nitrogens with zero attached hydrogens (tertiary/aromatic N) is 1. The van der Waals surface area contributed by atoms with Gasteiger partial charge in [0.05, 0.1) is 18.0 Å². The van der Waals surface area contributed by atoms with Crippen LogP contribution in [0.3, 0.4) is 0 Å². The molecule has 1 N–H and O–H groups in total. The normalized spacial score (nSPS) is 15.1. The molecule has 1 amide bonds. The van der Waals surface area contributed by atoms with E-state index in [0.717, 1.165) is 22.9 Å². The average Bonchev–Trinajstić information content (AvgIpc) is 2.69. The molecule has 1 heterocycles. The Kier molecular flexibility index (Phi) is 6.79. The second kappa shape index (κ2) is 9.18. The third kappa shape index (κ3) is 5.31. The van der Waals surface area contributed by atoms with Crippen molar-refractivity contribution >= 4 is 21.6 Å². The van der Waals surface area contributed by atoms with E-state index in [-0.39, 0.29) is 11.9 Å². The van der Waals surface area contributed by atoms with Gasteiger partial charge in [-0.1, -0.05) is 19.1 Å². The fourth-order valence-corrected chi connectivity index (χ4v) is 5.06. The lowest BCUT2D eigenvalue weighted by Crippen LogP contribution is -2.49. The summed E-state index contributed by atoms with van der Waals surface area (Å²) in [5, 5.41) is 2.96. The maximum absolute atomic E-state index is 13.2. The number of nitrogens with one attached hydrogen (secondary N) is 1. The third-order valence-electron chi connectivity index (χ3n) is 5.22. The molecule has 0 saturated heterocycles. The largest absolute Gasteiger partial charge is 0.486 e. The molecule has 1 aliphatic heterocycles. The molecule has 2 aromatic carbocycles. The summed E-state index contributed by atoms with van der Waals surface area (Å²) in [6.45, 7) is 8.46. The van der Waals surface area contributed by atoms with E-state index in [4.69, 9.17) is 9.47 Å². The highest BCUT2D eigenvalue weighted by atomic mass is 32.2. The van der Waals surface area contributed by atoms with Crippen LogP contribution in [0.4, 0.5) is 5.69 Å². The first-order valence-electron chi connectivity index (χ1n) is 10.4. The lowest BCUT2D eigenvalue weighted by atomic mass is 10.1. The van der Waals surface area contributed by atoms with Crippen LogP contribution in [0.1, 0.15) is 43.0 Å². The van der Waals surface area contributed by atoms with Gasteiger partial charge >= 0.3 is 0 Å². The van der Waals surface area contributed by atoms with Crippen LogP contribution in [-0.4, -0.2) is 39.8 Å².